The van der Waals surface area contributed by atoms with E-state index in [-0.39, 0.29) is 0 Å². The second kappa shape index (κ2) is 6.58. The van der Waals surface area contributed by atoms with E-state index in [2.05, 4.69) is 51.3 Å². The Hall–Kier alpha value is -0.0800. The molecule has 1 atom stereocenters. The first kappa shape index (κ1) is 17.3. The average Bonchev–Trinajstić information content (AvgIpc) is 2.37. The third kappa shape index (κ3) is 4.96. The highest BCUT2D eigenvalue weighted by Gasteiger charge is 2.32. The van der Waals surface area contributed by atoms with Gasteiger partial charge in [-0.3, -0.25) is 4.90 Å². The Balaban J connectivity index is 1.78. The number of likely N-dealkylation sites (tertiary alicyclic amines) is 2. The second-order valence-electron chi connectivity index (χ2n) is 9.57. The van der Waals surface area contributed by atoms with E-state index in [4.69, 9.17) is 0 Å². The van der Waals surface area contributed by atoms with Gasteiger partial charge in [-0.2, -0.15) is 0 Å². The smallest absolute Gasteiger partial charge is 0.0125 e. The fourth-order valence-corrected chi connectivity index (χ4v) is 4.17. The summed E-state index contributed by atoms with van der Waals surface area (Å²) in [7, 11) is 0. The van der Waals surface area contributed by atoms with Crippen LogP contribution in [0.4, 0.5) is 0 Å². The third-order valence-electron chi connectivity index (χ3n) is 5.80. The van der Waals surface area contributed by atoms with Crippen LogP contribution in [0, 0.1) is 17.3 Å². The first-order valence-corrected chi connectivity index (χ1v) is 9.13. The standard InChI is InChI=1S/C19H38N2/c1-18(2,3)17-9-12-20(13-10-17)14-16-8-7-11-21(15-16)19(4,5)6/h16-17H,7-15H2,1-6H3/t16-/m1/s1. The molecule has 0 amide bonds. The number of piperidine rings is 2. The maximum atomic E-state index is 2.75. The molecule has 0 aliphatic carbocycles. The molecule has 2 rings (SSSR count). The molecule has 0 saturated carbocycles. The van der Waals surface area contributed by atoms with E-state index in [9.17, 15) is 0 Å². The van der Waals surface area contributed by atoms with Gasteiger partial charge in [0.25, 0.3) is 0 Å². The van der Waals surface area contributed by atoms with E-state index < -0.39 is 0 Å². The van der Waals surface area contributed by atoms with Gasteiger partial charge in [-0.25, -0.2) is 0 Å². The van der Waals surface area contributed by atoms with Gasteiger partial charge in [0.2, 0.25) is 0 Å². The highest BCUT2D eigenvalue weighted by molar-refractivity contribution is 4.86. The monoisotopic (exact) mass is 294 g/mol. The normalized spacial score (nSPS) is 28.0. The van der Waals surface area contributed by atoms with E-state index in [1.54, 1.807) is 0 Å². The fourth-order valence-electron chi connectivity index (χ4n) is 4.17. The van der Waals surface area contributed by atoms with E-state index in [0.717, 1.165) is 11.8 Å². The Morgan fingerprint density at radius 1 is 0.857 bits per heavy atom. The molecule has 2 aliphatic rings. The Morgan fingerprint density at radius 3 is 2.00 bits per heavy atom. The maximum Gasteiger partial charge on any atom is 0.0125 e. The molecule has 0 N–H and O–H groups in total. The molecule has 0 bridgehead atoms. The van der Waals surface area contributed by atoms with Gasteiger partial charge in [-0.05, 0) is 83.3 Å². The molecule has 2 aliphatic heterocycles. The van der Waals surface area contributed by atoms with Crippen molar-refractivity contribution in [2.45, 2.75) is 72.8 Å². The van der Waals surface area contributed by atoms with E-state index in [0.29, 0.717) is 11.0 Å². The molecule has 2 fully saturated rings. The predicted molar refractivity (Wildman–Crippen MR) is 92.7 cm³/mol. The lowest BCUT2D eigenvalue weighted by molar-refractivity contribution is 0.0481. The van der Waals surface area contributed by atoms with Gasteiger partial charge >= 0.3 is 0 Å². The Kier molecular flexibility index (Phi) is 5.41. The van der Waals surface area contributed by atoms with Gasteiger partial charge in [0.05, 0.1) is 0 Å². The summed E-state index contributed by atoms with van der Waals surface area (Å²) >= 11 is 0. The van der Waals surface area contributed by atoms with Crippen LogP contribution in [0.5, 0.6) is 0 Å². The van der Waals surface area contributed by atoms with Crippen LogP contribution in [-0.4, -0.2) is 48.1 Å². The van der Waals surface area contributed by atoms with Crippen LogP contribution in [0.3, 0.4) is 0 Å². The van der Waals surface area contributed by atoms with Gasteiger partial charge in [-0.1, -0.05) is 20.8 Å². The molecule has 2 saturated heterocycles. The largest absolute Gasteiger partial charge is 0.303 e. The minimum Gasteiger partial charge on any atom is -0.303 e. The van der Waals surface area contributed by atoms with Crippen molar-refractivity contribution in [3.63, 3.8) is 0 Å². The van der Waals surface area contributed by atoms with Crippen LogP contribution in [0.1, 0.15) is 67.2 Å². The molecule has 0 aromatic rings. The molecular weight excluding hydrogens is 256 g/mol. The van der Waals surface area contributed by atoms with Crippen LogP contribution >= 0.6 is 0 Å². The zero-order chi connectivity index (χ0) is 15.7. The summed E-state index contributed by atoms with van der Waals surface area (Å²) in [6.45, 7) is 20.9. The van der Waals surface area contributed by atoms with Gasteiger partial charge in [-0.15, -0.1) is 0 Å². The minimum atomic E-state index is 0.345. The molecular formula is C19H38N2. The molecule has 2 heteroatoms. The fraction of sp³-hybridized carbons (Fsp3) is 1.00. The first-order valence-electron chi connectivity index (χ1n) is 9.13. The van der Waals surface area contributed by atoms with Crippen molar-refractivity contribution in [2.24, 2.45) is 17.3 Å². The summed E-state index contributed by atoms with van der Waals surface area (Å²) < 4.78 is 0. The highest BCUT2D eigenvalue weighted by atomic mass is 15.2. The lowest BCUT2D eigenvalue weighted by atomic mass is 9.75. The summed E-state index contributed by atoms with van der Waals surface area (Å²) in [6, 6.07) is 0. The number of rotatable bonds is 2. The van der Waals surface area contributed by atoms with Crippen molar-refractivity contribution in [3.05, 3.63) is 0 Å². The van der Waals surface area contributed by atoms with E-state index in [1.165, 1.54) is 58.4 Å². The quantitative estimate of drug-likeness (QED) is 0.751. The Labute approximate surface area is 133 Å². The molecule has 0 unspecified atom stereocenters. The average molecular weight is 295 g/mol. The van der Waals surface area contributed by atoms with Gasteiger partial charge in [0.1, 0.15) is 0 Å². The number of hydrogen-bond acceptors (Lipinski definition) is 2. The summed E-state index contributed by atoms with van der Waals surface area (Å²) in [5, 5.41) is 0. The lowest BCUT2D eigenvalue weighted by Crippen LogP contribution is -2.50. The molecule has 0 radical (unpaired) electrons. The summed E-state index contributed by atoms with van der Waals surface area (Å²) in [6.07, 6.45) is 5.63. The van der Waals surface area contributed by atoms with Crippen molar-refractivity contribution < 1.29 is 0 Å². The van der Waals surface area contributed by atoms with Crippen molar-refractivity contribution in [2.75, 3.05) is 32.7 Å². The van der Waals surface area contributed by atoms with Crippen molar-refractivity contribution in [1.29, 1.82) is 0 Å². The minimum absolute atomic E-state index is 0.345. The SMILES string of the molecule is CC(C)(C)C1CCN(C[C@H]2CCCN(C(C)(C)C)C2)CC1. The van der Waals surface area contributed by atoms with Gasteiger partial charge in [0.15, 0.2) is 0 Å². The molecule has 21 heavy (non-hydrogen) atoms. The van der Waals surface area contributed by atoms with Crippen molar-refractivity contribution in [3.8, 4) is 0 Å². The van der Waals surface area contributed by atoms with Crippen LogP contribution in [0.25, 0.3) is 0 Å². The number of nitrogens with zero attached hydrogens (tertiary/aromatic N) is 2. The highest BCUT2D eigenvalue weighted by Crippen LogP contribution is 2.34. The summed E-state index contributed by atoms with van der Waals surface area (Å²) in [5.41, 5.74) is 0.845. The molecule has 0 aromatic carbocycles. The predicted octanol–water partition coefficient (Wildman–Crippen LogP) is 4.26. The van der Waals surface area contributed by atoms with E-state index in [1.807, 2.05) is 0 Å². The zero-order valence-corrected chi connectivity index (χ0v) is 15.4. The Morgan fingerprint density at radius 2 is 1.48 bits per heavy atom. The maximum absolute atomic E-state index is 2.75. The summed E-state index contributed by atoms with van der Waals surface area (Å²) in [5.74, 6) is 1.82. The van der Waals surface area contributed by atoms with E-state index >= 15 is 0 Å². The Bertz CT molecular complexity index is 315. The first-order chi connectivity index (χ1) is 9.66. The molecule has 2 heterocycles. The van der Waals surface area contributed by atoms with Gasteiger partial charge in [0, 0.05) is 18.6 Å². The third-order valence-corrected chi connectivity index (χ3v) is 5.80. The van der Waals surface area contributed by atoms with Crippen LogP contribution in [-0.2, 0) is 0 Å². The van der Waals surface area contributed by atoms with Crippen LogP contribution in [0.15, 0.2) is 0 Å². The zero-order valence-electron chi connectivity index (χ0n) is 15.4. The molecule has 2 nitrogen and oxygen atoms in total. The van der Waals surface area contributed by atoms with Crippen LogP contribution in [0.2, 0.25) is 0 Å². The topological polar surface area (TPSA) is 6.48 Å². The van der Waals surface area contributed by atoms with Crippen molar-refractivity contribution >= 4 is 0 Å². The molecule has 0 spiro atoms. The number of hydrogen-bond donors (Lipinski definition) is 0. The van der Waals surface area contributed by atoms with Crippen LogP contribution < -0.4 is 0 Å². The molecule has 0 aromatic heterocycles. The van der Waals surface area contributed by atoms with Crippen molar-refractivity contribution in [1.82, 2.24) is 9.80 Å². The second-order valence-corrected chi connectivity index (χ2v) is 9.57. The molecule has 124 valence electrons. The lowest BCUT2D eigenvalue weighted by Gasteiger charge is -2.44. The summed E-state index contributed by atoms with van der Waals surface area (Å²) in [4.78, 5) is 5.45. The van der Waals surface area contributed by atoms with Gasteiger partial charge < -0.3 is 4.90 Å².